The number of H-pyrrole nitrogens is 1. The van der Waals surface area contributed by atoms with E-state index in [1.807, 2.05) is 13.8 Å². The second kappa shape index (κ2) is 4.84. The SMILES string of the molecule is Cc1cc(F)c(C(C)C)cc1-c1cc(C(=O)O)[nH]n1. The van der Waals surface area contributed by atoms with Crippen molar-refractivity contribution in [1.29, 1.82) is 0 Å². The number of nitrogens with one attached hydrogen (secondary N) is 1. The Bertz CT molecular complexity index is 632. The lowest BCUT2D eigenvalue weighted by Crippen LogP contribution is -1.96. The fourth-order valence-electron chi connectivity index (χ4n) is 1.98. The second-order valence-electron chi connectivity index (χ2n) is 4.82. The van der Waals surface area contributed by atoms with Crippen LogP contribution in [-0.2, 0) is 0 Å². The molecule has 0 saturated heterocycles. The summed E-state index contributed by atoms with van der Waals surface area (Å²) >= 11 is 0. The van der Waals surface area contributed by atoms with Crippen molar-refractivity contribution < 1.29 is 14.3 Å². The summed E-state index contributed by atoms with van der Waals surface area (Å²) in [6.07, 6.45) is 0. The van der Waals surface area contributed by atoms with Gasteiger partial charge in [0.05, 0.1) is 5.69 Å². The monoisotopic (exact) mass is 262 g/mol. The zero-order valence-corrected chi connectivity index (χ0v) is 11.0. The molecule has 0 aliphatic heterocycles. The normalized spacial score (nSPS) is 11.0. The Morgan fingerprint density at radius 2 is 2.05 bits per heavy atom. The molecule has 0 unspecified atom stereocenters. The van der Waals surface area contributed by atoms with Crippen LogP contribution in [0.15, 0.2) is 18.2 Å². The molecule has 0 aliphatic rings. The number of carbonyl (C=O) groups is 1. The summed E-state index contributed by atoms with van der Waals surface area (Å²) in [6, 6.07) is 4.64. The van der Waals surface area contributed by atoms with E-state index < -0.39 is 5.97 Å². The number of hydrogen-bond acceptors (Lipinski definition) is 2. The average molecular weight is 262 g/mol. The summed E-state index contributed by atoms with van der Waals surface area (Å²) in [5, 5.41) is 15.3. The van der Waals surface area contributed by atoms with Crippen LogP contribution in [0.1, 0.15) is 41.4 Å². The van der Waals surface area contributed by atoms with Gasteiger partial charge in [-0.05, 0) is 42.2 Å². The minimum atomic E-state index is -1.07. The van der Waals surface area contributed by atoms with E-state index in [4.69, 9.17) is 5.11 Å². The Hall–Kier alpha value is -2.17. The van der Waals surface area contributed by atoms with Crippen molar-refractivity contribution in [2.24, 2.45) is 0 Å². The van der Waals surface area contributed by atoms with Crippen molar-refractivity contribution in [3.63, 3.8) is 0 Å². The van der Waals surface area contributed by atoms with Crippen LogP contribution in [0.5, 0.6) is 0 Å². The molecule has 1 aromatic carbocycles. The van der Waals surface area contributed by atoms with Crippen LogP contribution in [0, 0.1) is 12.7 Å². The number of carboxylic acid groups (broad SMARTS) is 1. The Balaban J connectivity index is 2.54. The predicted octanol–water partition coefficient (Wildman–Crippen LogP) is 3.35. The van der Waals surface area contributed by atoms with Crippen molar-refractivity contribution in [2.45, 2.75) is 26.7 Å². The van der Waals surface area contributed by atoms with E-state index in [1.54, 1.807) is 13.0 Å². The van der Waals surface area contributed by atoms with Crippen LogP contribution in [0.3, 0.4) is 0 Å². The van der Waals surface area contributed by atoms with Crippen LogP contribution in [-0.4, -0.2) is 21.3 Å². The predicted molar refractivity (Wildman–Crippen MR) is 69.8 cm³/mol. The van der Waals surface area contributed by atoms with E-state index in [2.05, 4.69) is 10.2 Å². The lowest BCUT2D eigenvalue weighted by molar-refractivity contribution is 0.0690. The number of aromatic nitrogens is 2. The number of aryl methyl sites for hydroxylation is 1. The van der Waals surface area contributed by atoms with Crippen LogP contribution in [0.2, 0.25) is 0 Å². The second-order valence-corrected chi connectivity index (χ2v) is 4.82. The number of aromatic amines is 1. The topological polar surface area (TPSA) is 66.0 Å². The van der Waals surface area contributed by atoms with Gasteiger partial charge in [-0.2, -0.15) is 5.10 Å². The molecule has 5 heteroatoms. The largest absolute Gasteiger partial charge is 0.477 e. The van der Waals surface area contributed by atoms with E-state index >= 15 is 0 Å². The Labute approximate surface area is 110 Å². The third-order valence-corrected chi connectivity index (χ3v) is 3.05. The number of hydrogen-bond donors (Lipinski definition) is 2. The molecule has 0 spiro atoms. The molecule has 2 aromatic rings. The van der Waals surface area contributed by atoms with Crippen LogP contribution >= 0.6 is 0 Å². The smallest absolute Gasteiger partial charge is 0.353 e. The molecule has 1 heterocycles. The first-order chi connectivity index (χ1) is 8.90. The van der Waals surface area contributed by atoms with Gasteiger partial charge in [0.15, 0.2) is 0 Å². The number of rotatable bonds is 3. The van der Waals surface area contributed by atoms with Gasteiger partial charge in [0.1, 0.15) is 11.5 Å². The minimum Gasteiger partial charge on any atom is -0.477 e. The van der Waals surface area contributed by atoms with Crippen LogP contribution in [0.4, 0.5) is 4.39 Å². The van der Waals surface area contributed by atoms with Crippen molar-refractivity contribution in [2.75, 3.05) is 0 Å². The standard InChI is InChI=1S/C14H15FN2O2/c1-7(2)9-5-10(8(3)4-11(9)15)12-6-13(14(18)19)17-16-12/h4-7H,1-3H3,(H,16,17)(H,18,19). The van der Waals surface area contributed by atoms with Gasteiger partial charge in [-0.3, -0.25) is 5.10 Å². The van der Waals surface area contributed by atoms with Gasteiger partial charge in [-0.25, -0.2) is 9.18 Å². The maximum atomic E-state index is 13.8. The zero-order chi connectivity index (χ0) is 14.2. The number of halogens is 1. The summed E-state index contributed by atoms with van der Waals surface area (Å²) in [7, 11) is 0. The molecule has 0 aliphatic carbocycles. The Kier molecular flexibility index (Phi) is 3.38. The van der Waals surface area contributed by atoms with E-state index in [0.717, 1.165) is 11.1 Å². The van der Waals surface area contributed by atoms with E-state index in [1.165, 1.54) is 12.1 Å². The summed E-state index contributed by atoms with van der Waals surface area (Å²) in [5.74, 6) is -1.26. The Morgan fingerprint density at radius 3 is 2.58 bits per heavy atom. The van der Waals surface area contributed by atoms with Gasteiger partial charge in [0.2, 0.25) is 0 Å². The minimum absolute atomic E-state index is 0.0184. The average Bonchev–Trinajstić information content (AvgIpc) is 2.77. The van der Waals surface area contributed by atoms with Gasteiger partial charge < -0.3 is 5.11 Å². The Morgan fingerprint density at radius 1 is 1.37 bits per heavy atom. The summed E-state index contributed by atoms with van der Waals surface area (Å²) in [4.78, 5) is 10.8. The van der Waals surface area contributed by atoms with Gasteiger partial charge in [-0.1, -0.05) is 13.8 Å². The lowest BCUT2D eigenvalue weighted by Gasteiger charge is -2.11. The highest BCUT2D eigenvalue weighted by Gasteiger charge is 2.15. The molecule has 0 amide bonds. The quantitative estimate of drug-likeness (QED) is 0.891. The highest BCUT2D eigenvalue weighted by Crippen LogP contribution is 2.28. The molecular formula is C14H15FN2O2. The lowest BCUT2D eigenvalue weighted by atomic mass is 9.95. The zero-order valence-electron chi connectivity index (χ0n) is 11.0. The van der Waals surface area contributed by atoms with E-state index in [9.17, 15) is 9.18 Å². The molecule has 0 bridgehead atoms. The third kappa shape index (κ3) is 2.50. The molecule has 100 valence electrons. The fourth-order valence-corrected chi connectivity index (χ4v) is 1.98. The molecule has 19 heavy (non-hydrogen) atoms. The third-order valence-electron chi connectivity index (χ3n) is 3.05. The number of benzene rings is 1. The van der Waals surface area contributed by atoms with Gasteiger partial charge in [0.25, 0.3) is 0 Å². The maximum Gasteiger partial charge on any atom is 0.353 e. The number of aromatic carboxylic acids is 1. The van der Waals surface area contributed by atoms with Gasteiger partial charge in [0, 0.05) is 5.56 Å². The summed E-state index contributed by atoms with van der Waals surface area (Å²) in [6.45, 7) is 5.59. The molecule has 4 nitrogen and oxygen atoms in total. The molecule has 2 N–H and O–H groups in total. The molecule has 0 atom stereocenters. The fraction of sp³-hybridized carbons (Fsp3) is 0.286. The summed E-state index contributed by atoms with van der Waals surface area (Å²) in [5.41, 5.74) is 2.60. The van der Waals surface area contributed by atoms with Gasteiger partial charge in [-0.15, -0.1) is 0 Å². The number of nitrogens with zero attached hydrogens (tertiary/aromatic N) is 1. The van der Waals surface area contributed by atoms with Crippen LogP contribution in [0.25, 0.3) is 11.3 Å². The van der Waals surface area contributed by atoms with Crippen molar-refractivity contribution in [3.05, 3.63) is 40.8 Å². The first kappa shape index (κ1) is 13.3. The van der Waals surface area contributed by atoms with Gasteiger partial charge >= 0.3 is 5.97 Å². The molecule has 1 aromatic heterocycles. The maximum absolute atomic E-state index is 13.8. The molecule has 0 saturated carbocycles. The summed E-state index contributed by atoms with van der Waals surface area (Å²) < 4.78 is 13.8. The first-order valence-corrected chi connectivity index (χ1v) is 5.99. The van der Waals surface area contributed by atoms with Crippen molar-refractivity contribution in [3.8, 4) is 11.3 Å². The van der Waals surface area contributed by atoms with E-state index in [-0.39, 0.29) is 17.4 Å². The molecule has 0 fully saturated rings. The van der Waals surface area contributed by atoms with Crippen LogP contribution < -0.4 is 0 Å². The molecule has 0 radical (unpaired) electrons. The van der Waals surface area contributed by atoms with Crippen molar-refractivity contribution >= 4 is 5.97 Å². The van der Waals surface area contributed by atoms with E-state index in [0.29, 0.717) is 11.3 Å². The highest BCUT2D eigenvalue weighted by molar-refractivity contribution is 5.87. The first-order valence-electron chi connectivity index (χ1n) is 5.99. The molecular weight excluding hydrogens is 247 g/mol. The van der Waals surface area contributed by atoms with Crippen molar-refractivity contribution in [1.82, 2.24) is 10.2 Å². The highest BCUT2D eigenvalue weighted by atomic mass is 19.1. The molecule has 2 rings (SSSR count). The number of carboxylic acids is 1.